The van der Waals surface area contributed by atoms with Crippen molar-refractivity contribution in [1.29, 1.82) is 0 Å². The lowest BCUT2D eigenvalue weighted by Crippen LogP contribution is -2.27. The number of hydrogen-bond donors (Lipinski definition) is 1. The molecular weight excluding hydrogens is 190 g/mol. The van der Waals surface area contributed by atoms with E-state index in [1.165, 1.54) is 0 Å². The molecule has 4 nitrogen and oxygen atoms in total. The number of rotatable bonds is 8. The van der Waals surface area contributed by atoms with Crippen LogP contribution in [0.15, 0.2) is 0 Å². The van der Waals surface area contributed by atoms with Crippen LogP contribution in [0.4, 0.5) is 0 Å². The first-order valence-corrected chi connectivity index (χ1v) is 4.57. The van der Waals surface area contributed by atoms with Crippen LogP contribution in [-0.4, -0.2) is 44.6 Å². The Bertz CT molecular complexity index is 143. The standard InChI is InChI=1S/C8H17NO3S/c1-7(8(9)13)12-6-5-11-4-3-10-2/h7H,3-6H2,1-2H3,(H2,9,13). The van der Waals surface area contributed by atoms with Gasteiger partial charge in [-0.2, -0.15) is 0 Å². The van der Waals surface area contributed by atoms with Crippen molar-refractivity contribution in [2.75, 3.05) is 33.5 Å². The predicted molar refractivity (Wildman–Crippen MR) is 54.9 cm³/mol. The van der Waals surface area contributed by atoms with Gasteiger partial charge in [-0.25, -0.2) is 0 Å². The van der Waals surface area contributed by atoms with Gasteiger partial charge < -0.3 is 19.9 Å². The van der Waals surface area contributed by atoms with Gasteiger partial charge in [-0.05, 0) is 6.92 Å². The fourth-order valence-electron chi connectivity index (χ4n) is 0.610. The van der Waals surface area contributed by atoms with Gasteiger partial charge in [0.1, 0.15) is 11.1 Å². The first kappa shape index (κ1) is 12.8. The van der Waals surface area contributed by atoms with E-state index in [9.17, 15) is 0 Å². The Balaban J connectivity index is 3.11. The molecule has 0 saturated carbocycles. The molecule has 5 heteroatoms. The summed E-state index contributed by atoms with van der Waals surface area (Å²) < 4.78 is 15.2. The summed E-state index contributed by atoms with van der Waals surface area (Å²) in [5.74, 6) is 0. The van der Waals surface area contributed by atoms with E-state index in [2.05, 4.69) is 0 Å². The van der Waals surface area contributed by atoms with E-state index in [0.717, 1.165) is 0 Å². The first-order chi connectivity index (χ1) is 6.18. The van der Waals surface area contributed by atoms with E-state index < -0.39 is 0 Å². The molecule has 2 N–H and O–H groups in total. The van der Waals surface area contributed by atoms with Crippen molar-refractivity contribution >= 4 is 17.2 Å². The summed E-state index contributed by atoms with van der Waals surface area (Å²) in [4.78, 5) is 0.372. The zero-order valence-corrected chi connectivity index (χ0v) is 8.93. The maximum absolute atomic E-state index is 5.34. The van der Waals surface area contributed by atoms with Crippen molar-refractivity contribution in [3.05, 3.63) is 0 Å². The fraction of sp³-hybridized carbons (Fsp3) is 0.875. The quantitative estimate of drug-likeness (QED) is 0.459. The topological polar surface area (TPSA) is 53.7 Å². The minimum atomic E-state index is -0.180. The minimum Gasteiger partial charge on any atom is -0.391 e. The normalized spacial score (nSPS) is 12.8. The molecule has 0 aliphatic carbocycles. The van der Waals surface area contributed by atoms with Crippen LogP contribution < -0.4 is 5.73 Å². The van der Waals surface area contributed by atoms with Crippen molar-refractivity contribution in [2.45, 2.75) is 13.0 Å². The van der Waals surface area contributed by atoms with Crippen molar-refractivity contribution < 1.29 is 14.2 Å². The third kappa shape index (κ3) is 8.11. The van der Waals surface area contributed by atoms with Crippen LogP contribution in [0.5, 0.6) is 0 Å². The van der Waals surface area contributed by atoms with Gasteiger partial charge in [-0.1, -0.05) is 12.2 Å². The Morgan fingerprint density at radius 1 is 1.31 bits per heavy atom. The van der Waals surface area contributed by atoms with Gasteiger partial charge in [0.25, 0.3) is 0 Å². The van der Waals surface area contributed by atoms with E-state index in [4.69, 9.17) is 32.2 Å². The summed E-state index contributed by atoms with van der Waals surface area (Å²) in [6, 6.07) is 0. The molecule has 0 amide bonds. The molecular formula is C8H17NO3S. The predicted octanol–water partition coefficient (Wildman–Crippen LogP) is 0.341. The van der Waals surface area contributed by atoms with Crippen molar-refractivity contribution in [3.8, 4) is 0 Å². The van der Waals surface area contributed by atoms with E-state index in [0.29, 0.717) is 31.4 Å². The van der Waals surface area contributed by atoms with Crippen LogP contribution in [0.2, 0.25) is 0 Å². The Morgan fingerprint density at radius 3 is 2.46 bits per heavy atom. The van der Waals surface area contributed by atoms with Gasteiger partial charge >= 0.3 is 0 Å². The number of methoxy groups -OCH3 is 1. The Morgan fingerprint density at radius 2 is 1.92 bits per heavy atom. The molecule has 0 bridgehead atoms. The molecule has 1 atom stereocenters. The summed E-state index contributed by atoms with van der Waals surface area (Å²) in [5.41, 5.74) is 5.34. The van der Waals surface area contributed by atoms with Crippen molar-refractivity contribution in [3.63, 3.8) is 0 Å². The van der Waals surface area contributed by atoms with Crippen LogP contribution in [0.3, 0.4) is 0 Å². The smallest absolute Gasteiger partial charge is 0.105 e. The van der Waals surface area contributed by atoms with E-state index in [1.54, 1.807) is 7.11 Å². The van der Waals surface area contributed by atoms with Gasteiger partial charge in [0.2, 0.25) is 0 Å². The second-order valence-electron chi connectivity index (χ2n) is 2.52. The molecule has 0 aromatic heterocycles. The third-order valence-electron chi connectivity index (χ3n) is 1.43. The lowest BCUT2D eigenvalue weighted by molar-refractivity contribution is 0.0170. The van der Waals surface area contributed by atoms with E-state index >= 15 is 0 Å². The molecule has 0 aliphatic heterocycles. The molecule has 13 heavy (non-hydrogen) atoms. The largest absolute Gasteiger partial charge is 0.391 e. The zero-order chi connectivity index (χ0) is 10.1. The van der Waals surface area contributed by atoms with Gasteiger partial charge in [-0.15, -0.1) is 0 Å². The van der Waals surface area contributed by atoms with Gasteiger partial charge in [-0.3, -0.25) is 0 Å². The first-order valence-electron chi connectivity index (χ1n) is 4.16. The minimum absolute atomic E-state index is 0.180. The summed E-state index contributed by atoms with van der Waals surface area (Å²) >= 11 is 4.73. The Kier molecular flexibility index (Phi) is 8.22. The average molecular weight is 207 g/mol. The molecule has 0 aromatic carbocycles. The molecule has 78 valence electrons. The highest BCUT2D eigenvalue weighted by atomic mass is 32.1. The maximum Gasteiger partial charge on any atom is 0.105 e. The van der Waals surface area contributed by atoms with E-state index in [-0.39, 0.29) is 6.10 Å². The van der Waals surface area contributed by atoms with Crippen LogP contribution in [0, 0.1) is 0 Å². The van der Waals surface area contributed by atoms with Crippen LogP contribution >= 0.6 is 12.2 Å². The molecule has 0 aromatic rings. The molecule has 0 radical (unpaired) electrons. The molecule has 0 heterocycles. The molecule has 1 unspecified atom stereocenters. The van der Waals surface area contributed by atoms with Crippen LogP contribution in [0.1, 0.15) is 6.92 Å². The van der Waals surface area contributed by atoms with Gasteiger partial charge in [0, 0.05) is 7.11 Å². The molecule has 0 fully saturated rings. The third-order valence-corrected chi connectivity index (χ3v) is 1.76. The Hall–Kier alpha value is -0.230. The lowest BCUT2D eigenvalue weighted by Gasteiger charge is -2.10. The summed E-state index contributed by atoms with van der Waals surface area (Å²) in [6.07, 6.45) is -0.180. The highest BCUT2D eigenvalue weighted by Gasteiger charge is 2.03. The maximum atomic E-state index is 5.34. The number of ether oxygens (including phenoxy) is 3. The van der Waals surface area contributed by atoms with Crippen molar-refractivity contribution in [2.24, 2.45) is 5.73 Å². The number of hydrogen-bond acceptors (Lipinski definition) is 4. The SMILES string of the molecule is COCCOCCOC(C)C(N)=S. The van der Waals surface area contributed by atoms with Gasteiger partial charge in [0.15, 0.2) is 0 Å². The molecule has 0 spiro atoms. The second-order valence-corrected chi connectivity index (χ2v) is 2.99. The fourth-order valence-corrected chi connectivity index (χ4v) is 0.678. The average Bonchev–Trinajstić information content (AvgIpc) is 2.10. The number of thiocarbonyl (C=S) groups is 1. The van der Waals surface area contributed by atoms with Crippen LogP contribution in [-0.2, 0) is 14.2 Å². The highest BCUT2D eigenvalue weighted by molar-refractivity contribution is 7.80. The lowest BCUT2D eigenvalue weighted by atomic mass is 10.4. The second kappa shape index (κ2) is 8.37. The molecule has 0 rings (SSSR count). The molecule has 0 aliphatic rings. The summed E-state index contributed by atoms with van der Waals surface area (Å²) in [7, 11) is 1.63. The summed E-state index contributed by atoms with van der Waals surface area (Å²) in [6.45, 7) is 4.04. The zero-order valence-electron chi connectivity index (χ0n) is 8.12. The number of nitrogens with two attached hydrogens (primary N) is 1. The molecule has 0 saturated heterocycles. The van der Waals surface area contributed by atoms with Crippen molar-refractivity contribution in [1.82, 2.24) is 0 Å². The monoisotopic (exact) mass is 207 g/mol. The van der Waals surface area contributed by atoms with E-state index in [1.807, 2.05) is 6.92 Å². The van der Waals surface area contributed by atoms with Crippen LogP contribution in [0.25, 0.3) is 0 Å². The van der Waals surface area contributed by atoms with Gasteiger partial charge in [0.05, 0.1) is 26.4 Å². The highest BCUT2D eigenvalue weighted by Crippen LogP contribution is 1.90. The summed E-state index contributed by atoms with van der Waals surface area (Å²) in [5, 5.41) is 0. The Labute approximate surface area is 84.3 Å².